The number of piperidine rings is 1. The highest BCUT2D eigenvalue weighted by Crippen LogP contribution is 2.29. The molecule has 0 aliphatic carbocycles. The number of likely N-dealkylation sites (tertiary alicyclic amines) is 1. The number of amides is 3. The number of carbonyl (C=O) groups excluding carboxylic acids is 2. The Bertz CT molecular complexity index is 813. The van der Waals surface area contributed by atoms with Crippen LogP contribution in [0.4, 0.5) is 10.5 Å². The van der Waals surface area contributed by atoms with Crippen LogP contribution in [0.5, 0.6) is 5.75 Å². The fourth-order valence-electron chi connectivity index (χ4n) is 3.72. The van der Waals surface area contributed by atoms with E-state index in [9.17, 15) is 14.7 Å². The maximum atomic E-state index is 13.1. The van der Waals surface area contributed by atoms with E-state index in [1.54, 1.807) is 24.3 Å². The van der Waals surface area contributed by atoms with Gasteiger partial charge in [0, 0.05) is 18.8 Å². The first-order valence-electron chi connectivity index (χ1n) is 10.1. The van der Waals surface area contributed by atoms with Crippen molar-refractivity contribution in [2.45, 2.75) is 38.6 Å². The number of phenolic OH excluding ortho intramolecular Hbond substituents is 1. The Hall–Kier alpha value is -3.02. The molecule has 6 nitrogen and oxygen atoms in total. The summed E-state index contributed by atoms with van der Waals surface area (Å²) >= 11 is 0. The highest BCUT2D eigenvalue weighted by atomic mass is 16.3. The van der Waals surface area contributed by atoms with Crippen LogP contribution >= 0.6 is 0 Å². The van der Waals surface area contributed by atoms with E-state index in [0.29, 0.717) is 24.7 Å². The molecule has 1 saturated heterocycles. The van der Waals surface area contributed by atoms with Gasteiger partial charge in [0.1, 0.15) is 11.8 Å². The third-order valence-electron chi connectivity index (χ3n) is 5.42. The molecule has 3 amide bonds. The molecule has 1 heterocycles. The van der Waals surface area contributed by atoms with Crippen LogP contribution in [0.1, 0.15) is 38.2 Å². The van der Waals surface area contributed by atoms with E-state index in [-0.39, 0.29) is 23.6 Å². The predicted octanol–water partition coefficient (Wildman–Crippen LogP) is 3.94. The first-order valence-corrected chi connectivity index (χ1v) is 10.1. The van der Waals surface area contributed by atoms with E-state index in [0.717, 1.165) is 12.8 Å². The van der Waals surface area contributed by atoms with Crippen LogP contribution in [-0.4, -0.2) is 41.1 Å². The highest BCUT2D eigenvalue weighted by molar-refractivity contribution is 5.93. The number of hydrogen-bond acceptors (Lipinski definition) is 3. The van der Waals surface area contributed by atoms with Gasteiger partial charge in [-0.1, -0.05) is 44.2 Å². The van der Waals surface area contributed by atoms with Gasteiger partial charge < -0.3 is 20.6 Å². The van der Waals surface area contributed by atoms with Gasteiger partial charge in [0.05, 0.1) is 0 Å². The second-order valence-corrected chi connectivity index (χ2v) is 7.88. The molecular weight excluding hydrogens is 366 g/mol. The molecule has 3 N–H and O–H groups in total. The van der Waals surface area contributed by atoms with Crippen molar-refractivity contribution in [2.24, 2.45) is 5.92 Å². The fraction of sp³-hybridized carbons (Fsp3) is 0.391. The van der Waals surface area contributed by atoms with Crippen LogP contribution in [0, 0.1) is 5.92 Å². The van der Waals surface area contributed by atoms with Crippen molar-refractivity contribution in [3.05, 3.63) is 60.2 Å². The van der Waals surface area contributed by atoms with E-state index < -0.39 is 6.04 Å². The van der Waals surface area contributed by atoms with E-state index in [1.807, 2.05) is 49.1 Å². The van der Waals surface area contributed by atoms with Gasteiger partial charge in [-0.15, -0.1) is 0 Å². The Balaban J connectivity index is 1.56. The topological polar surface area (TPSA) is 81.7 Å². The van der Waals surface area contributed by atoms with Gasteiger partial charge in [-0.2, -0.15) is 0 Å². The Morgan fingerprint density at radius 3 is 2.21 bits per heavy atom. The minimum atomic E-state index is -0.566. The molecule has 1 aliphatic rings. The number of urea groups is 1. The third-order valence-corrected chi connectivity index (χ3v) is 5.42. The van der Waals surface area contributed by atoms with E-state index in [4.69, 9.17) is 0 Å². The number of nitrogens with zero attached hydrogens (tertiary/aromatic N) is 1. The minimum absolute atomic E-state index is 0.0150. The number of benzene rings is 2. The molecule has 2 aromatic carbocycles. The van der Waals surface area contributed by atoms with Gasteiger partial charge in [0.25, 0.3) is 0 Å². The zero-order valence-electron chi connectivity index (χ0n) is 17.0. The van der Waals surface area contributed by atoms with Crippen molar-refractivity contribution >= 4 is 17.6 Å². The Kier molecular flexibility index (Phi) is 6.75. The van der Waals surface area contributed by atoms with Gasteiger partial charge in [-0.05, 0) is 54.5 Å². The van der Waals surface area contributed by atoms with Crippen molar-refractivity contribution in [1.82, 2.24) is 10.2 Å². The molecule has 1 fully saturated rings. The van der Waals surface area contributed by atoms with E-state index in [2.05, 4.69) is 10.6 Å². The molecule has 154 valence electrons. The van der Waals surface area contributed by atoms with Crippen LogP contribution < -0.4 is 10.6 Å². The third kappa shape index (κ3) is 5.50. The number of hydrogen-bond donors (Lipinski definition) is 3. The second-order valence-electron chi connectivity index (χ2n) is 7.88. The number of phenols is 1. The molecular formula is C23H29N3O3. The van der Waals surface area contributed by atoms with Crippen molar-refractivity contribution in [1.29, 1.82) is 0 Å². The Morgan fingerprint density at radius 1 is 1.00 bits per heavy atom. The van der Waals surface area contributed by atoms with Gasteiger partial charge in [0.15, 0.2) is 0 Å². The maximum Gasteiger partial charge on any atom is 0.319 e. The molecule has 0 spiro atoms. The SMILES string of the molecule is CC(C)C(NC(=O)Nc1ccccc1)C(=O)N1CCC(c2ccc(O)cc2)CC1. The summed E-state index contributed by atoms with van der Waals surface area (Å²) in [6.45, 7) is 5.20. The molecule has 1 aliphatic heterocycles. The summed E-state index contributed by atoms with van der Waals surface area (Å²) < 4.78 is 0. The lowest BCUT2D eigenvalue weighted by Gasteiger charge is -2.35. The van der Waals surface area contributed by atoms with Crippen LogP contribution in [0.3, 0.4) is 0 Å². The fourth-order valence-corrected chi connectivity index (χ4v) is 3.72. The van der Waals surface area contributed by atoms with Gasteiger partial charge in [-0.3, -0.25) is 4.79 Å². The number of carbonyl (C=O) groups is 2. The molecule has 0 saturated carbocycles. The highest BCUT2D eigenvalue weighted by Gasteiger charge is 2.31. The second kappa shape index (κ2) is 9.45. The van der Waals surface area contributed by atoms with Gasteiger partial charge in [-0.25, -0.2) is 4.79 Å². The number of anilines is 1. The van der Waals surface area contributed by atoms with Crippen LogP contribution in [0.2, 0.25) is 0 Å². The lowest BCUT2D eigenvalue weighted by atomic mass is 9.89. The molecule has 0 bridgehead atoms. The first-order chi connectivity index (χ1) is 13.9. The zero-order chi connectivity index (χ0) is 20.8. The number of nitrogens with one attached hydrogen (secondary N) is 2. The minimum Gasteiger partial charge on any atom is -0.508 e. The quantitative estimate of drug-likeness (QED) is 0.717. The monoisotopic (exact) mass is 395 g/mol. The summed E-state index contributed by atoms with van der Waals surface area (Å²) in [7, 11) is 0. The van der Waals surface area contributed by atoms with Crippen molar-refractivity contribution in [2.75, 3.05) is 18.4 Å². The summed E-state index contributed by atoms with van der Waals surface area (Å²) in [5, 5.41) is 15.1. The molecule has 2 aromatic rings. The van der Waals surface area contributed by atoms with Crippen molar-refractivity contribution in [3.63, 3.8) is 0 Å². The maximum absolute atomic E-state index is 13.1. The molecule has 0 radical (unpaired) electrons. The van der Waals surface area contributed by atoms with Gasteiger partial charge >= 0.3 is 6.03 Å². The van der Waals surface area contributed by atoms with Crippen molar-refractivity contribution in [3.8, 4) is 5.75 Å². The standard InChI is InChI=1S/C23H29N3O3/c1-16(2)21(25-23(29)24-19-6-4-3-5-7-19)22(28)26-14-12-18(13-15-26)17-8-10-20(27)11-9-17/h3-11,16,18,21,27H,12-15H2,1-2H3,(H2,24,25,29). The number of rotatable bonds is 5. The van der Waals surface area contributed by atoms with Crippen molar-refractivity contribution < 1.29 is 14.7 Å². The molecule has 29 heavy (non-hydrogen) atoms. The summed E-state index contributed by atoms with van der Waals surface area (Å²) in [6, 6.07) is 15.6. The number of aromatic hydroxyl groups is 1. The average molecular weight is 396 g/mol. The molecule has 3 rings (SSSR count). The molecule has 1 unspecified atom stereocenters. The lowest BCUT2D eigenvalue weighted by molar-refractivity contribution is -0.135. The first kappa shape index (κ1) is 20.7. The average Bonchev–Trinajstić information content (AvgIpc) is 2.73. The predicted molar refractivity (Wildman–Crippen MR) is 114 cm³/mol. The number of para-hydroxylation sites is 1. The van der Waals surface area contributed by atoms with E-state index in [1.165, 1.54) is 5.56 Å². The molecule has 6 heteroatoms. The van der Waals surface area contributed by atoms with Crippen LogP contribution in [0.25, 0.3) is 0 Å². The Labute approximate surface area is 171 Å². The lowest BCUT2D eigenvalue weighted by Crippen LogP contribution is -2.53. The largest absolute Gasteiger partial charge is 0.508 e. The Morgan fingerprint density at radius 2 is 1.62 bits per heavy atom. The summed E-state index contributed by atoms with van der Waals surface area (Å²) in [6.07, 6.45) is 1.75. The van der Waals surface area contributed by atoms with Crippen LogP contribution in [0.15, 0.2) is 54.6 Å². The van der Waals surface area contributed by atoms with Crippen LogP contribution in [-0.2, 0) is 4.79 Å². The molecule has 0 aromatic heterocycles. The summed E-state index contributed by atoms with van der Waals surface area (Å²) in [5.74, 6) is 0.596. The normalized spacial score (nSPS) is 15.8. The summed E-state index contributed by atoms with van der Waals surface area (Å²) in [5.41, 5.74) is 1.88. The van der Waals surface area contributed by atoms with E-state index >= 15 is 0 Å². The summed E-state index contributed by atoms with van der Waals surface area (Å²) in [4.78, 5) is 27.3. The molecule has 1 atom stereocenters. The van der Waals surface area contributed by atoms with Gasteiger partial charge in [0.2, 0.25) is 5.91 Å². The zero-order valence-corrected chi connectivity index (χ0v) is 17.0. The smallest absolute Gasteiger partial charge is 0.319 e.